The van der Waals surface area contributed by atoms with Gasteiger partial charge in [0.2, 0.25) is 0 Å². The van der Waals surface area contributed by atoms with Crippen molar-refractivity contribution in [1.29, 1.82) is 0 Å². The summed E-state index contributed by atoms with van der Waals surface area (Å²) in [7, 11) is 0. The summed E-state index contributed by atoms with van der Waals surface area (Å²) in [4.78, 5) is 37.4. The zero-order valence-corrected chi connectivity index (χ0v) is 25.3. The molecule has 11 heteroatoms. The molecule has 0 bridgehead atoms. The van der Waals surface area contributed by atoms with Gasteiger partial charge >= 0.3 is 17.9 Å². The highest BCUT2D eigenvalue weighted by Crippen LogP contribution is 2.71. The van der Waals surface area contributed by atoms with E-state index in [-0.39, 0.29) is 56.1 Å². The topological polar surface area (TPSA) is 136 Å². The molecule has 1 spiro atoms. The molecule has 41 heavy (non-hydrogen) atoms. The summed E-state index contributed by atoms with van der Waals surface area (Å²) in [6.07, 6.45) is -1.39. The zero-order chi connectivity index (χ0) is 29.9. The Bertz CT molecular complexity index is 1020. The van der Waals surface area contributed by atoms with E-state index in [9.17, 15) is 19.5 Å². The van der Waals surface area contributed by atoms with Gasteiger partial charge in [-0.1, -0.05) is 27.7 Å². The van der Waals surface area contributed by atoms with Gasteiger partial charge in [-0.25, -0.2) is 0 Å². The van der Waals surface area contributed by atoms with Gasteiger partial charge in [-0.05, 0) is 38.0 Å². The molecule has 12 atom stereocenters. The lowest BCUT2D eigenvalue weighted by Gasteiger charge is -2.74. The number of hydrogen-bond donors (Lipinski definition) is 1. The lowest BCUT2D eigenvalue weighted by atomic mass is 9.38. The molecule has 2 aliphatic carbocycles. The number of hydrogen-bond acceptors (Lipinski definition) is 11. The first-order valence-corrected chi connectivity index (χ1v) is 15.1. The summed E-state index contributed by atoms with van der Waals surface area (Å²) in [5.41, 5.74) is -2.80. The largest absolute Gasteiger partial charge is 0.463 e. The maximum atomic E-state index is 12.9. The molecular formula is C30H46O11. The fourth-order valence-corrected chi connectivity index (χ4v) is 8.59. The number of rotatable bonds is 8. The maximum absolute atomic E-state index is 12.9. The number of ether oxygens (including phenoxy) is 7. The number of carbonyl (C=O) groups excluding carboxylic acids is 3. The summed E-state index contributed by atoms with van der Waals surface area (Å²) in [6.45, 7) is 12.9. The Morgan fingerprint density at radius 1 is 1.02 bits per heavy atom. The quantitative estimate of drug-likeness (QED) is 0.334. The maximum Gasteiger partial charge on any atom is 0.308 e. The minimum atomic E-state index is -1.40. The Morgan fingerprint density at radius 3 is 2.32 bits per heavy atom. The van der Waals surface area contributed by atoms with Crippen LogP contribution in [-0.2, 0) is 47.5 Å². The number of aliphatic hydroxyl groups is 1. The third kappa shape index (κ3) is 4.70. The van der Waals surface area contributed by atoms with Crippen LogP contribution in [0.1, 0.15) is 74.1 Å². The van der Waals surface area contributed by atoms with Crippen LogP contribution in [0, 0.1) is 34.5 Å². The van der Waals surface area contributed by atoms with Gasteiger partial charge in [0.15, 0.2) is 24.3 Å². The molecule has 0 aromatic heterocycles. The van der Waals surface area contributed by atoms with Gasteiger partial charge in [0.1, 0.15) is 12.7 Å². The highest BCUT2D eigenvalue weighted by molar-refractivity contribution is 5.72. The first-order chi connectivity index (χ1) is 19.3. The van der Waals surface area contributed by atoms with Gasteiger partial charge in [0.05, 0.1) is 30.1 Å². The summed E-state index contributed by atoms with van der Waals surface area (Å²) in [5, 5.41) is 11.7. The summed E-state index contributed by atoms with van der Waals surface area (Å²) < 4.78 is 42.3. The van der Waals surface area contributed by atoms with Crippen LogP contribution in [0.15, 0.2) is 0 Å². The van der Waals surface area contributed by atoms with Crippen molar-refractivity contribution < 1.29 is 52.6 Å². The van der Waals surface area contributed by atoms with Crippen LogP contribution in [0.25, 0.3) is 0 Å². The SMILES string of the molecule is CCOC1C[C@@H]2CC([C@]3(C)[C@@H](C)CC(OC(C)=O)[C@]45CO[C@]4(COC(C)=O)C(OC(=O)C(C)C)C(O)C[C@@H]35)OC2O1. The van der Waals surface area contributed by atoms with Crippen LogP contribution < -0.4 is 0 Å². The lowest BCUT2D eigenvalue weighted by molar-refractivity contribution is -0.417. The van der Waals surface area contributed by atoms with Crippen LogP contribution in [0.5, 0.6) is 0 Å². The van der Waals surface area contributed by atoms with Gasteiger partial charge < -0.3 is 38.3 Å². The fraction of sp³-hybridized carbons (Fsp3) is 0.900. The van der Waals surface area contributed by atoms with Crippen molar-refractivity contribution in [3.05, 3.63) is 0 Å². The Balaban J connectivity index is 1.56. The molecule has 0 aromatic carbocycles. The van der Waals surface area contributed by atoms with E-state index < -0.39 is 58.6 Å². The Labute approximate surface area is 241 Å². The van der Waals surface area contributed by atoms with E-state index in [1.54, 1.807) is 13.8 Å². The van der Waals surface area contributed by atoms with Crippen molar-refractivity contribution in [2.45, 2.75) is 117 Å². The highest BCUT2D eigenvalue weighted by atomic mass is 16.8. The first-order valence-electron chi connectivity index (χ1n) is 15.1. The summed E-state index contributed by atoms with van der Waals surface area (Å²) in [6, 6.07) is 0. The number of esters is 3. The lowest BCUT2D eigenvalue weighted by Crippen LogP contribution is -2.85. The first kappa shape index (κ1) is 30.7. The van der Waals surface area contributed by atoms with Crippen molar-refractivity contribution >= 4 is 17.9 Å². The number of aliphatic hydroxyl groups excluding tert-OH is 1. The van der Waals surface area contributed by atoms with E-state index in [0.717, 1.165) is 12.8 Å². The van der Waals surface area contributed by atoms with E-state index in [2.05, 4.69) is 13.8 Å². The molecule has 11 nitrogen and oxygen atoms in total. The molecule has 0 amide bonds. The molecule has 3 saturated heterocycles. The molecule has 232 valence electrons. The third-order valence-electron chi connectivity index (χ3n) is 10.8. The minimum Gasteiger partial charge on any atom is -0.463 e. The van der Waals surface area contributed by atoms with Crippen LogP contribution in [0.3, 0.4) is 0 Å². The van der Waals surface area contributed by atoms with Gasteiger partial charge in [-0.2, -0.15) is 0 Å². The van der Waals surface area contributed by atoms with Crippen molar-refractivity contribution in [2.75, 3.05) is 19.8 Å². The molecular weight excluding hydrogens is 536 g/mol. The van der Waals surface area contributed by atoms with Crippen LogP contribution >= 0.6 is 0 Å². The highest BCUT2D eigenvalue weighted by Gasteiger charge is 2.81. The molecule has 0 radical (unpaired) electrons. The Hall–Kier alpha value is -1.79. The number of fused-ring (bicyclic) bond motifs is 1. The zero-order valence-electron chi connectivity index (χ0n) is 25.3. The second-order valence-corrected chi connectivity index (χ2v) is 13.2. The van der Waals surface area contributed by atoms with E-state index in [0.29, 0.717) is 13.0 Å². The summed E-state index contributed by atoms with van der Waals surface area (Å²) >= 11 is 0. The van der Waals surface area contributed by atoms with E-state index in [4.69, 9.17) is 33.2 Å². The van der Waals surface area contributed by atoms with Crippen molar-refractivity contribution in [2.24, 2.45) is 34.5 Å². The molecule has 3 aliphatic heterocycles. The average molecular weight is 583 g/mol. The van der Waals surface area contributed by atoms with Crippen molar-refractivity contribution in [1.82, 2.24) is 0 Å². The minimum absolute atomic E-state index is 0.0305. The molecule has 5 aliphatic rings. The molecule has 5 rings (SSSR count). The summed E-state index contributed by atoms with van der Waals surface area (Å²) in [5.74, 6) is -1.97. The third-order valence-corrected chi connectivity index (χ3v) is 10.8. The van der Waals surface area contributed by atoms with E-state index in [1.165, 1.54) is 13.8 Å². The van der Waals surface area contributed by atoms with Gasteiger partial charge in [-0.15, -0.1) is 0 Å². The molecule has 5 fully saturated rings. The molecule has 2 saturated carbocycles. The van der Waals surface area contributed by atoms with Gasteiger partial charge in [0, 0.05) is 38.2 Å². The van der Waals surface area contributed by atoms with Crippen molar-refractivity contribution in [3.63, 3.8) is 0 Å². The molecule has 6 unspecified atom stereocenters. The normalized spacial score (nSPS) is 46.6. The molecule has 3 heterocycles. The van der Waals surface area contributed by atoms with Gasteiger partial charge in [-0.3, -0.25) is 14.4 Å². The smallest absolute Gasteiger partial charge is 0.308 e. The predicted octanol–water partition coefficient (Wildman–Crippen LogP) is 2.75. The van der Waals surface area contributed by atoms with Crippen LogP contribution in [0.2, 0.25) is 0 Å². The number of carbonyl (C=O) groups is 3. The average Bonchev–Trinajstić information content (AvgIpc) is 3.44. The van der Waals surface area contributed by atoms with Crippen molar-refractivity contribution in [3.8, 4) is 0 Å². The Morgan fingerprint density at radius 2 is 1.76 bits per heavy atom. The van der Waals surface area contributed by atoms with Crippen LogP contribution in [-0.4, -0.2) is 85.4 Å². The standard InChI is InChI=1S/C30H46O11/c1-8-35-24-11-19-10-22(39-27(19)40-24)28(7)16(4)9-23(38-18(6)32)29-13-37-30(29,14-36-17(5)31)25(20(33)12-21(28)29)41-26(34)15(2)3/h15-16,19-25,27,33H,8-14H2,1-7H3/t16-,19-,20?,21-,22?,23?,24?,25?,27?,28+,29+,30+/m0/s1. The molecule has 1 N–H and O–H groups in total. The fourth-order valence-electron chi connectivity index (χ4n) is 8.59. The second-order valence-electron chi connectivity index (χ2n) is 13.2. The monoisotopic (exact) mass is 582 g/mol. The second kappa shape index (κ2) is 11.0. The molecule has 0 aromatic rings. The van der Waals surface area contributed by atoms with E-state index in [1.807, 2.05) is 6.92 Å². The van der Waals surface area contributed by atoms with Crippen LogP contribution in [0.4, 0.5) is 0 Å². The Kier molecular flexibility index (Phi) is 8.26. The van der Waals surface area contributed by atoms with E-state index >= 15 is 0 Å². The predicted molar refractivity (Wildman–Crippen MR) is 142 cm³/mol. The van der Waals surface area contributed by atoms with Gasteiger partial charge in [0.25, 0.3) is 0 Å².